The van der Waals surface area contributed by atoms with E-state index >= 15 is 0 Å². The minimum atomic E-state index is -3.70. The van der Waals surface area contributed by atoms with Gasteiger partial charge in [0, 0.05) is 12.1 Å². The lowest BCUT2D eigenvalue weighted by Crippen LogP contribution is -2.23. The zero-order chi connectivity index (χ0) is 16.2. The first-order chi connectivity index (χ1) is 10.4. The summed E-state index contributed by atoms with van der Waals surface area (Å²) >= 11 is 0. The molecule has 2 aromatic carbocycles. The molecule has 0 aromatic heterocycles. The van der Waals surface area contributed by atoms with E-state index in [9.17, 15) is 12.8 Å². The van der Waals surface area contributed by atoms with Crippen LogP contribution in [0.15, 0.2) is 47.4 Å². The van der Waals surface area contributed by atoms with Gasteiger partial charge >= 0.3 is 0 Å². The van der Waals surface area contributed by atoms with E-state index in [4.69, 9.17) is 4.74 Å². The van der Waals surface area contributed by atoms with Gasteiger partial charge in [0.1, 0.15) is 11.6 Å². The average molecular weight is 323 g/mol. The summed E-state index contributed by atoms with van der Waals surface area (Å²) in [7, 11) is -3.70. The van der Waals surface area contributed by atoms with Crippen LogP contribution in [0.2, 0.25) is 0 Å². The van der Waals surface area contributed by atoms with Crippen molar-refractivity contribution in [3.05, 3.63) is 59.4 Å². The number of hydrogen-bond donors (Lipinski definition) is 1. The molecule has 0 saturated heterocycles. The average Bonchev–Trinajstić information content (AvgIpc) is 2.49. The molecule has 0 fully saturated rings. The van der Waals surface area contributed by atoms with Crippen molar-refractivity contribution in [2.24, 2.45) is 0 Å². The Labute approximate surface area is 130 Å². The number of halogens is 1. The number of hydrogen-bond acceptors (Lipinski definition) is 3. The van der Waals surface area contributed by atoms with Gasteiger partial charge in [0.15, 0.2) is 0 Å². The topological polar surface area (TPSA) is 55.4 Å². The van der Waals surface area contributed by atoms with Gasteiger partial charge in [0.2, 0.25) is 10.0 Å². The van der Waals surface area contributed by atoms with Crippen molar-refractivity contribution in [2.75, 3.05) is 6.61 Å². The lowest BCUT2D eigenvalue weighted by molar-refractivity contribution is 0.336. The molecule has 0 aliphatic rings. The SMILES string of the molecule is CCOc1ccccc1CNS(=O)(=O)c1ccc(F)c(C)c1. The van der Waals surface area contributed by atoms with Crippen LogP contribution in [0.25, 0.3) is 0 Å². The van der Waals surface area contributed by atoms with Gasteiger partial charge in [-0.25, -0.2) is 17.5 Å². The number of sulfonamides is 1. The Morgan fingerprint density at radius 3 is 2.59 bits per heavy atom. The fourth-order valence-electron chi connectivity index (χ4n) is 1.99. The molecule has 0 amide bonds. The molecule has 0 saturated carbocycles. The molecule has 0 unspecified atom stereocenters. The summed E-state index contributed by atoms with van der Waals surface area (Å²) in [5.41, 5.74) is 1.03. The molecular formula is C16H18FNO3S. The van der Waals surface area contributed by atoms with Gasteiger partial charge in [-0.15, -0.1) is 0 Å². The maximum Gasteiger partial charge on any atom is 0.240 e. The minimum absolute atomic E-state index is 0.0419. The van der Waals surface area contributed by atoms with Crippen molar-refractivity contribution in [3.63, 3.8) is 0 Å². The van der Waals surface area contributed by atoms with E-state index in [1.807, 2.05) is 19.1 Å². The molecule has 0 radical (unpaired) electrons. The third-order valence-electron chi connectivity index (χ3n) is 3.16. The summed E-state index contributed by atoms with van der Waals surface area (Å²) in [4.78, 5) is 0.0419. The van der Waals surface area contributed by atoms with Crippen LogP contribution in [0.4, 0.5) is 4.39 Å². The van der Waals surface area contributed by atoms with Crippen molar-refractivity contribution in [3.8, 4) is 5.75 Å². The molecule has 0 heterocycles. The molecule has 22 heavy (non-hydrogen) atoms. The van der Waals surface area contributed by atoms with Crippen molar-refractivity contribution in [1.29, 1.82) is 0 Å². The van der Waals surface area contributed by atoms with Crippen molar-refractivity contribution in [1.82, 2.24) is 4.72 Å². The zero-order valence-corrected chi connectivity index (χ0v) is 13.3. The van der Waals surface area contributed by atoms with Gasteiger partial charge in [-0.1, -0.05) is 18.2 Å². The predicted octanol–water partition coefficient (Wildman–Crippen LogP) is 3.01. The zero-order valence-electron chi connectivity index (χ0n) is 12.5. The maximum atomic E-state index is 13.2. The highest BCUT2D eigenvalue weighted by Gasteiger charge is 2.16. The Hall–Kier alpha value is -1.92. The standard InChI is InChI=1S/C16H18FNO3S/c1-3-21-16-7-5-4-6-13(16)11-18-22(19,20)14-8-9-15(17)12(2)10-14/h4-10,18H,3,11H2,1-2H3. The lowest BCUT2D eigenvalue weighted by Gasteiger charge is -2.11. The Morgan fingerprint density at radius 1 is 1.18 bits per heavy atom. The highest BCUT2D eigenvalue weighted by Crippen LogP contribution is 2.19. The lowest BCUT2D eigenvalue weighted by atomic mass is 10.2. The molecule has 0 atom stereocenters. The second kappa shape index (κ2) is 6.89. The highest BCUT2D eigenvalue weighted by atomic mass is 32.2. The van der Waals surface area contributed by atoms with Crippen LogP contribution in [-0.2, 0) is 16.6 Å². The van der Waals surface area contributed by atoms with E-state index in [1.54, 1.807) is 12.1 Å². The van der Waals surface area contributed by atoms with E-state index in [1.165, 1.54) is 19.1 Å². The minimum Gasteiger partial charge on any atom is -0.494 e. The van der Waals surface area contributed by atoms with E-state index in [0.29, 0.717) is 12.4 Å². The van der Waals surface area contributed by atoms with Crippen LogP contribution in [0, 0.1) is 12.7 Å². The van der Waals surface area contributed by atoms with Crippen LogP contribution in [0.5, 0.6) is 5.75 Å². The maximum absolute atomic E-state index is 13.2. The van der Waals surface area contributed by atoms with E-state index < -0.39 is 15.8 Å². The molecular weight excluding hydrogens is 305 g/mol. The van der Waals surface area contributed by atoms with Gasteiger partial charge < -0.3 is 4.74 Å². The number of para-hydroxylation sites is 1. The van der Waals surface area contributed by atoms with E-state index in [0.717, 1.165) is 11.6 Å². The summed E-state index contributed by atoms with van der Waals surface area (Å²) in [6, 6.07) is 10.9. The van der Waals surface area contributed by atoms with Crippen LogP contribution >= 0.6 is 0 Å². The van der Waals surface area contributed by atoms with Crippen LogP contribution in [0.1, 0.15) is 18.1 Å². The second-order valence-corrected chi connectivity index (χ2v) is 6.54. The summed E-state index contributed by atoms with van der Waals surface area (Å²) in [6.07, 6.45) is 0. The first kappa shape index (κ1) is 16.5. The third-order valence-corrected chi connectivity index (χ3v) is 4.56. The van der Waals surface area contributed by atoms with Gasteiger partial charge in [0.25, 0.3) is 0 Å². The predicted molar refractivity (Wildman–Crippen MR) is 82.8 cm³/mol. The number of ether oxygens (including phenoxy) is 1. The molecule has 118 valence electrons. The fourth-order valence-corrected chi connectivity index (χ4v) is 3.08. The van der Waals surface area contributed by atoms with Gasteiger partial charge in [-0.3, -0.25) is 0 Å². The molecule has 0 aliphatic heterocycles. The summed E-state index contributed by atoms with van der Waals surface area (Å²) in [6.45, 7) is 4.00. The molecule has 1 N–H and O–H groups in total. The van der Waals surface area contributed by atoms with Gasteiger partial charge in [0.05, 0.1) is 11.5 Å². The monoisotopic (exact) mass is 323 g/mol. The van der Waals surface area contributed by atoms with Crippen molar-refractivity contribution >= 4 is 10.0 Å². The van der Waals surface area contributed by atoms with Crippen LogP contribution in [0.3, 0.4) is 0 Å². The highest BCUT2D eigenvalue weighted by molar-refractivity contribution is 7.89. The summed E-state index contributed by atoms with van der Waals surface area (Å²) in [5.74, 6) is 0.212. The van der Waals surface area contributed by atoms with E-state index in [2.05, 4.69) is 4.72 Å². The first-order valence-corrected chi connectivity index (χ1v) is 8.39. The normalized spacial score (nSPS) is 11.4. The Balaban J connectivity index is 2.18. The van der Waals surface area contributed by atoms with Crippen molar-refractivity contribution < 1.29 is 17.5 Å². The molecule has 6 heteroatoms. The van der Waals surface area contributed by atoms with Crippen LogP contribution < -0.4 is 9.46 Å². The van der Waals surface area contributed by atoms with Gasteiger partial charge in [-0.2, -0.15) is 0 Å². The van der Waals surface area contributed by atoms with Crippen LogP contribution in [-0.4, -0.2) is 15.0 Å². The molecule has 2 aromatic rings. The number of nitrogens with one attached hydrogen (secondary N) is 1. The quantitative estimate of drug-likeness (QED) is 0.889. The van der Waals surface area contributed by atoms with Gasteiger partial charge in [-0.05, 0) is 43.7 Å². The number of aryl methyl sites for hydroxylation is 1. The largest absolute Gasteiger partial charge is 0.494 e. The summed E-state index contributed by atoms with van der Waals surface area (Å²) in [5, 5.41) is 0. The number of rotatable bonds is 6. The summed E-state index contributed by atoms with van der Waals surface area (Å²) < 4.78 is 45.7. The second-order valence-electron chi connectivity index (χ2n) is 4.78. The first-order valence-electron chi connectivity index (χ1n) is 6.90. The smallest absolute Gasteiger partial charge is 0.240 e. The molecule has 2 rings (SSSR count). The third kappa shape index (κ3) is 3.84. The molecule has 0 bridgehead atoms. The Morgan fingerprint density at radius 2 is 1.91 bits per heavy atom. The van der Waals surface area contributed by atoms with Crippen molar-refractivity contribution in [2.45, 2.75) is 25.3 Å². The fraction of sp³-hybridized carbons (Fsp3) is 0.250. The van der Waals surface area contributed by atoms with E-state index in [-0.39, 0.29) is 17.0 Å². The number of benzene rings is 2. The Bertz CT molecular complexity index is 760. The molecule has 0 spiro atoms. The molecule has 0 aliphatic carbocycles. The molecule has 4 nitrogen and oxygen atoms in total. The Kier molecular flexibility index (Phi) is 5.15.